The zero-order valence-corrected chi connectivity index (χ0v) is 11.7. The van der Waals surface area contributed by atoms with Gasteiger partial charge in [-0.15, -0.1) is 6.58 Å². The van der Waals surface area contributed by atoms with Crippen molar-refractivity contribution in [2.75, 3.05) is 6.54 Å². The van der Waals surface area contributed by atoms with Gasteiger partial charge < -0.3 is 4.90 Å². The third-order valence-corrected chi connectivity index (χ3v) is 3.11. The lowest BCUT2D eigenvalue weighted by atomic mass is 10.1. The van der Waals surface area contributed by atoms with E-state index in [1.807, 2.05) is 36.4 Å². The lowest BCUT2D eigenvalue weighted by molar-refractivity contribution is 0.0762. The Morgan fingerprint density at radius 3 is 2.38 bits per heavy atom. The average Bonchev–Trinajstić information content (AvgIpc) is 2.55. The third-order valence-electron chi connectivity index (χ3n) is 3.11. The molecule has 0 spiro atoms. The molecule has 0 aromatic heterocycles. The highest BCUT2D eigenvalue weighted by Gasteiger charge is 2.14. The second kappa shape index (κ2) is 7.06. The summed E-state index contributed by atoms with van der Waals surface area (Å²) in [6, 6.07) is 18.5. The molecule has 0 N–H and O–H groups in total. The zero-order valence-electron chi connectivity index (χ0n) is 11.7. The minimum absolute atomic E-state index is 0.0664. The summed E-state index contributed by atoms with van der Waals surface area (Å²) in [5.74, 6) is -0.0664. The minimum Gasteiger partial charge on any atom is -0.331 e. The Kier molecular flexibility index (Phi) is 4.89. The molecule has 0 saturated carbocycles. The largest absolute Gasteiger partial charge is 0.331 e. The third kappa shape index (κ3) is 3.80. The highest BCUT2D eigenvalue weighted by molar-refractivity contribution is 5.94. The summed E-state index contributed by atoms with van der Waals surface area (Å²) in [5, 5.41) is 8.80. The summed E-state index contributed by atoms with van der Waals surface area (Å²) >= 11 is 0. The van der Waals surface area contributed by atoms with Crippen molar-refractivity contribution < 1.29 is 4.79 Å². The van der Waals surface area contributed by atoms with Gasteiger partial charge in [0.2, 0.25) is 0 Å². The van der Waals surface area contributed by atoms with Crippen molar-refractivity contribution in [3.63, 3.8) is 0 Å². The molecule has 0 radical (unpaired) electrons. The SMILES string of the molecule is C=CCN(Cc1ccccc1)C(=O)c1ccc(C#N)cc1. The molecule has 2 rings (SSSR count). The normalized spacial score (nSPS) is 9.67. The van der Waals surface area contributed by atoms with Gasteiger partial charge in [-0.3, -0.25) is 4.79 Å². The van der Waals surface area contributed by atoms with Crippen molar-refractivity contribution >= 4 is 5.91 Å². The van der Waals surface area contributed by atoms with Gasteiger partial charge in [0.25, 0.3) is 5.91 Å². The molecule has 3 nitrogen and oxygen atoms in total. The number of amides is 1. The molecule has 0 bridgehead atoms. The molecule has 0 fully saturated rings. The monoisotopic (exact) mass is 276 g/mol. The molecule has 2 aromatic rings. The molecule has 0 aliphatic carbocycles. The fraction of sp³-hybridized carbons (Fsp3) is 0.111. The van der Waals surface area contributed by atoms with Gasteiger partial charge in [0.1, 0.15) is 0 Å². The number of nitriles is 1. The Morgan fingerprint density at radius 2 is 1.81 bits per heavy atom. The number of hydrogen-bond donors (Lipinski definition) is 0. The maximum absolute atomic E-state index is 12.5. The molecule has 3 heteroatoms. The second-order valence-corrected chi connectivity index (χ2v) is 4.65. The van der Waals surface area contributed by atoms with E-state index in [1.54, 1.807) is 35.2 Å². The van der Waals surface area contributed by atoms with Crippen molar-refractivity contribution in [3.8, 4) is 6.07 Å². The van der Waals surface area contributed by atoms with Crippen LogP contribution in [0.1, 0.15) is 21.5 Å². The van der Waals surface area contributed by atoms with Gasteiger partial charge in [0.05, 0.1) is 11.6 Å². The number of carbonyl (C=O) groups excluding carboxylic acids is 1. The van der Waals surface area contributed by atoms with Crippen molar-refractivity contribution in [1.82, 2.24) is 4.90 Å². The first-order valence-electron chi connectivity index (χ1n) is 6.69. The molecule has 0 atom stereocenters. The summed E-state index contributed by atoms with van der Waals surface area (Å²) in [6.45, 7) is 4.72. The smallest absolute Gasteiger partial charge is 0.254 e. The molecule has 2 aromatic carbocycles. The van der Waals surface area contributed by atoms with Crippen molar-refractivity contribution in [1.29, 1.82) is 5.26 Å². The van der Waals surface area contributed by atoms with Crippen LogP contribution < -0.4 is 0 Å². The predicted octanol–water partition coefficient (Wildman–Crippen LogP) is 3.39. The van der Waals surface area contributed by atoms with E-state index in [-0.39, 0.29) is 5.91 Å². The molecule has 0 unspecified atom stereocenters. The van der Waals surface area contributed by atoms with Gasteiger partial charge in [-0.2, -0.15) is 5.26 Å². The molecule has 1 amide bonds. The van der Waals surface area contributed by atoms with Gasteiger partial charge in [-0.05, 0) is 29.8 Å². The van der Waals surface area contributed by atoms with Crippen LogP contribution in [-0.2, 0) is 6.54 Å². The van der Waals surface area contributed by atoms with Crippen LogP contribution in [-0.4, -0.2) is 17.4 Å². The van der Waals surface area contributed by atoms with Gasteiger partial charge in [0.15, 0.2) is 0 Å². The van der Waals surface area contributed by atoms with Gasteiger partial charge in [-0.1, -0.05) is 36.4 Å². The lowest BCUT2D eigenvalue weighted by Crippen LogP contribution is -2.30. The predicted molar refractivity (Wildman–Crippen MR) is 82.5 cm³/mol. The van der Waals surface area contributed by atoms with Crippen LogP contribution in [0.5, 0.6) is 0 Å². The van der Waals surface area contributed by atoms with E-state index in [9.17, 15) is 4.79 Å². The summed E-state index contributed by atoms with van der Waals surface area (Å²) in [5.41, 5.74) is 2.19. The summed E-state index contributed by atoms with van der Waals surface area (Å²) < 4.78 is 0. The van der Waals surface area contributed by atoms with Crippen LogP contribution in [0.25, 0.3) is 0 Å². The first-order valence-corrected chi connectivity index (χ1v) is 6.69. The topological polar surface area (TPSA) is 44.1 Å². The standard InChI is InChI=1S/C18H16N2O/c1-2-12-20(14-16-6-4-3-5-7-16)18(21)17-10-8-15(13-19)9-11-17/h2-11H,1,12,14H2. The van der Waals surface area contributed by atoms with Crippen molar-refractivity contribution in [2.24, 2.45) is 0 Å². The highest BCUT2D eigenvalue weighted by atomic mass is 16.2. The number of carbonyl (C=O) groups is 1. The second-order valence-electron chi connectivity index (χ2n) is 4.65. The van der Waals surface area contributed by atoms with E-state index < -0.39 is 0 Å². The van der Waals surface area contributed by atoms with Crippen LogP contribution in [0.4, 0.5) is 0 Å². The molecule has 104 valence electrons. The maximum Gasteiger partial charge on any atom is 0.254 e. The number of hydrogen-bond acceptors (Lipinski definition) is 2. The Morgan fingerprint density at radius 1 is 1.14 bits per heavy atom. The van der Waals surface area contributed by atoms with Crippen molar-refractivity contribution in [3.05, 3.63) is 83.9 Å². The summed E-state index contributed by atoms with van der Waals surface area (Å²) in [6.07, 6.45) is 1.71. The van der Waals surface area contributed by atoms with Gasteiger partial charge >= 0.3 is 0 Å². The average molecular weight is 276 g/mol. The van der Waals surface area contributed by atoms with E-state index in [0.717, 1.165) is 5.56 Å². The molecule has 0 heterocycles. The maximum atomic E-state index is 12.5. The van der Waals surface area contributed by atoms with Crippen molar-refractivity contribution in [2.45, 2.75) is 6.54 Å². The van der Waals surface area contributed by atoms with E-state index >= 15 is 0 Å². The Hall–Kier alpha value is -2.86. The van der Waals surface area contributed by atoms with Crippen LogP contribution >= 0.6 is 0 Å². The summed E-state index contributed by atoms with van der Waals surface area (Å²) in [4.78, 5) is 14.3. The fourth-order valence-electron chi connectivity index (χ4n) is 2.05. The first-order chi connectivity index (χ1) is 10.2. The lowest BCUT2D eigenvalue weighted by Gasteiger charge is -2.21. The first kappa shape index (κ1) is 14.5. The molecule has 0 aliphatic rings. The number of benzene rings is 2. The Bertz CT molecular complexity index is 654. The van der Waals surface area contributed by atoms with Gasteiger partial charge in [0, 0.05) is 18.7 Å². The quantitative estimate of drug-likeness (QED) is 0.786. The van der Waals surface area contributed by atoms with Crippen LogP contribution in [0.3, 0.4) is 0 Å². The van der Waals surface area contributed by atoms with E-state index in [1.165, 1.54) is 0 Å². The van der Waals surface area contributed by atoms with Crippen LogP contribution in [0, 0.1) is 11.3 Å². The fourth-order valence-corrected chi connectivity index (χ4v) is 2.05. The molecule has 21 heavy (non-hydrogen) atoms. The molecular formula is C18H16N2O. The molecular weight excluding hydrogens is 260 g/mol. The summed E-state index contributed by atoms with van der Waals surface area (Å²) in [7, 11) is 0. The van der Waals surface area contributed by atoms with E-state index in [0.29, 0.717) is 24.2 Å². The van der Waals surface area contributed by atoms with Gasteiger partial charge in [-0.25, -0.2) is 0 Å². The van der Waals surface area contributed by atoms with Crippen LogP contribution in [0.2, 0.25) is 0 Å². The molecule has 0 saturated heterocycles. The zero-order chi connectivity index (χ0) is 15.1. The number of nitrogens with zero attached hydrogens (tertiary/aromatic N) is 2. The van der Waals surface area contributed by atoms with E-state index in [4.69, 9.17) is 5.26 Å². The molecule has 0 aliphatic heterocycles. The van der Waals surface area contributed by atoms with Crippen LogP contribution in [0.15, 0.2) is 67.3 Å². The van der Waals surface area contributed by atoms with E-state index in [2.05, 4.69) is 6.58 Å². The Labute approximate surface area is 124 Å². The number of rotatable bonds is 5. The Balaban J connectivity index is 2.18. The highest BCUT2D eigenvalue weighted by Crippen LogP contribution is 2.11. The minimum atomic E-state index is -0.0664.